The van der Waals surface area contributed by atoms with Gasteiger partial charge in [0.15, 0.2) is 11.9 Å². The van der Waals surface area contributed by atoms with Crippen molar-refractivity contribution in [1.82, 2.24) is 0 Å². The molecular formula is C19H20ClNO3. The van der Waals surface area contributed by atoms with Gasteiger partial charge in [0.2, 0.25) is 0 Å². The van der Waals surface area contributed by atoms with Crippen LogP contribution in [0.5, 0.6) is 5.75 Å². The molecule has 2 aromatic carbocycles. The van der Waals surface area contributed by atoms with E-state index in [-0.39, 0.29) is 11.7 Å². The highest BCUT2D eigenvalue weighted by molar-refractivity contribution is 6.32. The SMILES string of the molecule is CC(=O)c1cccc(NC(=O)C(C)Oc2cc(C)c(Cl)c(C)c2)c1. The van der Waals surface area contributed by atoms with Crippen LogP contribution >= 0.6 is 11.6 Å². The zero-order valence-electron chi connectivity index (χ0n) is 14.1. The number of carbonyl (C=O) groups excluding carboxylic acids is 2. The maximum Gasteiger partial charge on any atom is 0.265 e. The van der Waals surface area contributed by atoms with Gasteiger partial charge in [-0.25, -0.2) is 0 Å². The summed E-state index contributed by atoms with van der Waals surface area (Å²) in [7, 11) is 0. The van der Waals surface area contributed by atoms with Crippen molar-refractivity contribution in [3.63, 3.8) is 0 Å². The highest BCUT2D eigenvalue weighted by atomic mass is 35.5. The first-order chi connectivity index (χ1) is 11.3. The van der Waals surface area contributed by atoms with E-state index in [4.69, 9.17) is 16.3 Å². The average Bonchev–Trinajstić information content (AvgIpc) is 2.52. The van der Waals surface area contributed by atoms with Crippen LogP contribution in [-0.4, -0.2) is 17.8 Å². The Hall–Kier alpha value is -2.33. The summed E-state index contributed by atoms with van der Waals surface area (Å²) in [4.78, 5) is 23.7. The van der Waals surface area contributed by atoms with Crippen molar-refractivity contribution >= 4 is 29.0 Å². The number of nitrogens with one attached hydrogen (secondary N) is 1. The zero-order valence-corrected chi connectivity index (χ0v) is 14.9. The van der Waals surface area contributed by atoms with Crippen LogP contribution in [-0.2, 0) is 4.79 Å². The number of hydrogen-bond donors (Lipinski definition) is 1. The third kappa shape index (κ3) is 4.36. The van der Waals surface area contributed by atoms with E-state index in [0.717, 1.165) is 11.1 Å². The molecule has 2 aromatic rings. The van der Waals surface area contributed by atoms with Gasteiger partial charge in [0, 0.05) is 16.3 Å². The normalized spacial score (nSPS) is 11.7. The van der Waals surface area contributed by atoms with E-state index < -0.39 is 6.10 Å². The number of rotatable bonds is 5. The van der Waals surface area contributed by atoms with Crippen molar-refractivity contribution in [1.29, 1.82) is 0 Å². The van der Waals surface area contributed by atoms with Gasteiger partial charge in [-0.1, -0.05) is 23.7 Å². The fraction of sp³-hybridized carbons (Fsp3) is 0.263. The largest absolute Gasteiger partial charge is 0.481 e. The lowest BCUT2D eigenvalue weighted by atomic mass is 10.1. The molecule has 0 saturated heterocycles. The van der Waals surface area contributed by atoms with E-state index in [1.165, 1.54) is 6.92 Å². The molecule has 0 aliphatic carbocycles. The Morgan fingerprint density at radius 1 is 1.12 bits per heavy atom. The minimum atomic E-state index is -0.689. The Balaban J connectivity index is 2.07. The second-order valence-electron chi connectivity index (χ2n) is 5.76. The average molecular weight is 346 g/mol. The standard InChI is InChI=1S/C19H20ClNO3/c1-11-8-17(9-12(2)18(11)20)24-14(4)19(23)21-16-7-5-6-15(10-16)13(3)22/h5-10,14H,1-4H3,(H,21,23). The highest BCUT2D eigenvalue weighted by Gasteiger charge is 2.16. The molecule has 0 spiro atoms. The topological polar surface area (TPSA) is 55.4 Å². The molecule has 2 rings (SSSR count). The second kappa shape index (κ2) is 7.49. The van der Waals surface area contributed by atoms with Crippen molar-refractivity contribution in [2.75, 3.05) is 5.32 Å². The monoisotopic (exact) mass is 345 g/mol. The molecule has 0 fully saturated rings. The molecule has 1 N–H and O–H groups in total. The Morgan fingerprint density at radius 3 is 2.33 bits per heavy atom. The summed E-state index contributed by atoms with van der Waals surface area (Å²) < 4.78 is 5.71. The van der Waals surface area contributed by atoms with Crippen molar-refractivity contribution in [3.05, 3.63) is 58.1 Å². The van der Waals surface area contributed by atoms with E-state index in [1.54, 1.807) is 43.3 Å². The minimum Gasteiger partial charge on any atom is -0.481 e. The molecule has 0 bridgehead atoms. The Bertz CT molecular complexity index is 763. The van der Waals surface area contributed by atoms with Crippen LogP contribution in [0.4, 0.5) is 5.69 Å². The quantitative estimate of drug-likeness (QED) is 0.808. The van der Waals surface area contributed by atoms with Crippen LogP contribution < -0.4 is 10.1 Å². The first-order valence-corrected chi connectivity index (χ1v) is 8.01. The molecule has 0 aliphatic rings. The zero-order chi connectivity index (χ0) is 17.9. The Morgan fingerprint density at radius 2 is 1.75 bits per heavy atom. The molecule has 0 heterocycles. The molecule has 24 heavy (non-hydrogen) atoms. The first-order valence-electron chi connectivity index (χ1n) is 7.63. The lowest BCUT2D eigenvalue weighted by Crippen LogP contribution is -2.30. The van der Waals surface area contributed by atoms with Crippen LogP contribution in [0.3, 0.4) is 0 Å². The summed E-state index contributed by atoms with van der Waals surface area (Å²) >= 11 is 6.13. The van der Waals surface area contributed by atoms with E-state index in [0.29, 0.717) is 22.0 Å². The summed E-state index contributed by atoms with van der Waals surface area (Å²) in [5.41, 5.74) is 2.90. The molecule has 5 heteroatoms. The number of Topliss-reactive ketones (excluding diaryl/α,β-unsaturated/α-hetero) is 1. The van der Waals surface area contributed by atoms with E-state index in [9.17, 15) is 9.59 Å². The van der Waals surface area contributed by atoms with Crippen molar-refractivity contribution in [2.24, 2.45) is 0 Å². The summed E-state index contributed by atoms with van der Waals surface area (Å²) in [5, 5.41) is 3.45. The number of anilines is 1. The number of hydrogen-bond acceptors (Lipinski definition) is 3. The number of amides is 1. The Kier molecular flexibility index (Phi) is 5.62. The molecule has 0 saturated carbocycles. The fourth-order valence-corrected chi connectivity index (χ4v) is 2.40. The summed E-state index contributed by atoms with van der Waals surface area (Å²) in [5.74, 6) is 0.248. The molecular weight excluding hydrogens is 326 g/mol. The van der Waals surface area contributed by atoms with Gasteiger partial charge in [-0.15, -0.1) is 0 Å². The number of benzene rings is 2. The van der Waals surface area contributed by atoms with Crippen molar-refractivity contribution < 1.29 is 14.3 Å². The van der Waals surface area contributed by atoms with Gasteiger partial charge >= 0.3 is 0 Å². The predicted octanol–water partition coefficient (Wildman–Crippen LogP) is 4.57. The molecule has 1 unspecified atom stereocenters. The van der Waals surface area contributed by atoms with Crippen molar-refractivity contribution in [2.45, 2.75) is 33.8 Å². The number of carbonyl (C=O) groups is 2. The third-order valence-electron chi connectivity index (χ3n) is 3.63. The number of aryl methyl sites for hydroxylation is 2. The first kappa shape index (κ1) is 18.0. The van der Waals surface area contributed by atoms with Crippen LogP contribution in [0.2, 0.25) is 5.02 Å². The number of ether oxygens (including phenoxy) is 1. The summed E-state index contributed by atoms with van der Waals surface area (Å²) in [6, 6.07) is 10.4. The fourth-order valence-electron chi connectivity index (χ4n) is 2.29. The van der Waals surface area contributed by atoms with E-state index >= 15 is 0 Å². The van der Waals surface area contributed by atoms with E-state index in [1.807, 2.05) is 13.8 Å². The number of halogens is 1. The molecule has 0 radical (unpaired) electrons. The van der Waals surface area contributed by atoms with Gasteiger partial charge in [-0.2, -0.15) is 0 Å². The van der Waals surface area contributed by atoms with Gasteiger partial charge in [-0.3, -0.25) is 9.59 Å². The van der Waals surface area contributed by atoms with Gasteiger partial charge in [-0.05, 0) is 63.1 Å². The third-order valence-corrected chi connectivity index (χ3v) is 4.22. The maximum absolute atomic E-state index is 12.3. The molecule has 0 aromatic heterocycles. The summed E-state index contributed by atoms with van der Waals surface area (Å²) in [6.45, 7) is 6.93. The number of ketones is 1. The smallest absolute Gasteiger partial charge is 0.265 e. The lowest BCUT2D eigenvalue weighted by Gasteiger charge is -2.16. The summed E-state index contributed by atoms with van der Waals surface area (Å²) in [6.07, 6.45) is -0.689. The predicted molar refractivity (Wildman–Crippen MR) is 96.1 cm³/mol. The molecule has 1 amide bonds. The molecule has 0 aliphatic heterocycles. The van der Waals surface area contributed by atoms with Gasteiger partial charge in [0.1, 0.15) is 5.75 Å². The van der Waals surface area contributed by atoms with Gasteiger partial charge in [0.05, 0.1) is 0 Å². The Labute approximate surface area is 146 Å². The molecule has 4 nitrogen and oxygen atoms in total. The highest BCUT2D eigenvalue weighted by Crippen LogP contribution is 2.26. The maximum atomic E-state index is 12.3. The van der Waals surface area contributed by atoms with Gasteiger partial charge in [0.25, 0.3) is 5.91 Å². The van der Waals surface area contributed by atoms with Crippen LogP contribution in [0.1, 0.15) is 35.3 Å². The van der Waals surface area contributed by atoms with Crippen LogP contribution in [0.15, 0.2) is 36.4 Å². The minimum absolute atomic E-state index is 0.0532. The van der Waals surface area contributed by atoms with Crippen molar-refractivity contribution in [3.8, 4) is 5.75 Å². The molecule has 1 atom stereocenters. The van der Waals surface area contributed by atoms with E-state index in [2.05, 4.69) is 5.32 Å². The molecule has 126 valence electrons. The lowest BCUT2D eigenvalue weighted by molar-refractivity contribution is -0.122. The van der Waals surface area contributed by atoms with Crippen LogP contribution in [0, 0.1) is 13.8 Å². The van der Waals surface area contributed by atoms with Crippen LogP contribution in [0.25, 0.3) is 0 Å². The second-order valence-corrected chi connectivity index (χ2v) is 6.14. The van der Waals surface area contributed by atoms with Gasteiger partial charge < -0.3 is 10.1 Å².